The minimum absolute atomic E-state index is 0.186. The molecule has 0 aliphatic carbocycles. The van der Waals surface area contributed by atoms with Crippen LogP contribution in [0.5, 0.6) is 5.75 Å². The molecule has 0 heterocycles. The summed E-state index contributed by atoms with van der Waals surface area (Å²) in [5, 5.41) is 8.95. The Morgan fingerprint density at radius 1 is 1.26 bits per heavy atom. The number of hydrogen-bond acceptors (Lipinski definition) is 3. The Hall–Kier alpha value is -1.32. The van der Waals surface area contributed by atoms with E-state index in [4.69, 9.17) is 9.84 Å². The standard InChI is InChI=1S/C16H25NO2/c1-4-8-17(10-11-18)9-5-12-19-16-7-6-14(2)15(3)13-16/h4,6-7,13,18H,1,5,8-12H2,2-3H3. The van der Waals surface area contributed by atoms with E-state index < -0.39 is 0 Å². The van der Waals surface area contributed by atoms with Gasteiger partial charge in [0.15, 0.2) is 0 Å². The highest BCUT2D eigenvalue weighted by molar-refractivity contribution is 5.33. The van der Waals surface area contributed by atoms with Crippen molar-refractivity contribution in [2.75, 3.05) is 32.8 Å². The van der Waals surface area contributed by atoms with Crippen LogP contribution in [0.1, 0.15) is 17.5 Å². The molecule has 0 bridgehead atoms. The predicted molar refractivity (Wildman–Crippen MR) is 79.8 cm³/mol. The van der Waals surface area contributed by atoms with Gasteiger partial charge in [-0.3, -0.25) is 4.90 Å². The first kappa shape index (κ1) is 15.7. The third-order valence-electron chi connectivity index (χ3n) is 3.17. The molecule has 0 saturated heterocycles. The van der Waals surface area contributed by atoms with Gasteiger partial charge in [0.05, 0.1) is 13.2 Å². The van der Waals surface area contributed by atoms with Gasteiger partial charge in [-0.1, -0.05) is 12.1 Å². The lowest BCUT2D eigenvalue weighted by atomic mass is 10.1. The van der Waals surface area contributed by atoms with Crippen LogP contribution in [0.25, 0.3) is 0 Å². The number of benzene rings is 1. The number of aliphatic hydroxyl groups excluding tert-OH is 1. The van der Waals surface area contributed by atoms with Crippen molar-refractivity contribution in [1.29, 1.82) is 0 Å². The second kappa shape index (κ2) is 8.73. The summed E-state index contributed by atoms with van der Waals surface area (Å²) in [4.78, 5) is 2.16. The van der Waals surface area contributed by atoms with Gasteiger partial charge < -0.3 is 9.84 Å². The predicted octanol–water partition coefficient (Wildman–Crippen LogP) is 2.55. The number of ether oxygens (including phenoxy) is 1. The third-order valence-corrected chi connectivity index (χ3v) is 3.17. The fraction of sp³-hybridized carbons (Fsp3) is 0.500. The number of aryl methyl sites for hydroxylation is 2. The maximum Gasteiger partial charge on any atom is 0.119 e. The summed E-state index contributed by atoms with van der Waals surface area (Å²) in [5.74, 6) is 0.931. The molecule has 0 atom stereocenters. The normalized spacial score (nSPS) is 10.7. The molecule has 0 aliphatic rings. The fourth-order valence-corrected chi connectivity index (χ4v) is 1.90. The molecule has 1 aromatic rings. The number of hydrogen-bond donors (Lipinski definition) is 1. The van der Waals surface area contributed by atoms with E-state index in [1.165, 1.54) is 11.1 Å². The molecule has 0 fully saturated rings. The van der Waals surface area contributed by atoms with Crippen LogP contribution in [0, 0.1) is 13.8 Å². The third kappa shape index (κ3) is 5.90. The lowest BCUT2D eigenvalue weighted by molar-refractivity contribution is 0.195. The van der Waals surface area contributed by atoms with E-state index in [1.54, 1.807) is 0 Å². The van der Waals surface area contributed by atoms with Crippen LogP contribution in [0.2, 0.25) is 0 Å². The molecule has 106 valence electrons. The number of aliphatic hydroxyl groups is 1. The zero-order chi connectivity index (χ0) is 14.1. The first-order valence-corrected chi connectivity index (χ1v) is 6.81. The van der Waals surface area contributed by atoms with E-state index in [2.05, 4.69) is 37.5 Å². The number of rotatable bonds is 9. The van der Waals surface area contributed by atoms with Gasteiger partial charge in [0.2, 0.25) is 0 Å². The van der Waals surface area contributed by atoms with Crippen molar-refractivity contribution in [3.63, 3.8) is 0 Å². The molecule has 0 spiro atoms. The second-order valence-corrected chi connectivity index (χ2v) is 4.76. The summed E-state index contributed by atoms with van der Waals surface area (Å²) >= 11 is 0. The van der Waals surface area contributed by atoms with Crippen molar-refractivity contribution in [1.82, 2.24) is 4.90 Å². The van der Waals surface area contributed by atoms with Crippen LogP contribution in [0.15, 0.2) is 30.9 Å². The molecule has 1 rings (SSSR count). The summed E-state index contributed by atoms with van der Waals surface area (Å²) in [6.07, 6.45) is 2.81. The SMILES string of the molecule is C=CCN(CCO)CCCOc1ccc(C)c(C)c1. The first-order chi connectivity index (χ1) is 9.17. The van der Waals surface area contributed by atoms with Crippen LogP contribution >= 0.6 is 0 Å². The van der Waals surface area contributed by atoms with Crippen LogP contribution in [0.4, 0.5) is 0 Å². The van der Waals surface area contributed by atoms with Crippen molar-refractivity contribution >= 4 is 0 Å². The molecule has 0 aromatic heterocycles. The molecule has 0 unspecified atom stereocenters. The van der Waals surface area contributed by atoms with E-state index in [0.29, 0.717) is 13.2 Å². The van der Waals surface area contributed by atoms with Crippen molar-refractivity contribution in [3.05, 3.63) is 42.0 Å². The second-order valence-electron chi connectivity index (χ2n) is 4.76. The molecule has 1 aromatic carbocycles. The Balaban J connectivity index is 2.29. The monoisotopic (exact) mass is 263 g/mol. The summed E-state index contributed by atoms with van der Waals surface area (Å²) in [6.45, 7) is 11.2. The van der Waals surface area contributed by atoms with Gasteiger partial charge in [-0.25, -0.2) is 0 Å². The molecule has 0 saturated carbocycles. The van der Waals surface area contributed by atoms with Gasteiger partial charge >= 0.3 is 0 Å². The molecule has 1 N–H and O–H groups in total. The zero-order valence-corrected chi connectivity index (χ0v) is 12.1. The highest BCUT2D eigenvalue weighted by Gasteiger charge is 2.02. The molecule has 3 heteroatoms. The minimum atomic E-state index is 0.186. The molecule has 0 radical (unpaired) electrons. The van der Waals surface area contributed by atoms with E-state index in [9.17, 15) is 0 Å². The number of nitrogens with zero attached hydrogens (tertiary/aromatic N) is 1. The van der Waals surface area contributed by atoms with Crippen LogP contribution in [-0.2, 0) is 0 Å². The van der Waals surface area contributed by atoms with Gasteiger partial charge in [0, 0.05) is 19.6 Å². The summed E-state index contributed by atoms with van der Waals surface area (Å²) < 4.78 is 5.73. The highest BCUT2D eigenvalue weighted by atomic mass is 16.5. The Morgan fingerprint density at radius 2 is 2.05 bits per heavy atom. The van der Waals surface area contributed by atoms with Crippen LogP contribution in [-0.4, -0.2) is 42.9 Å². The van der Waals surface area contributed by atoms with Crippen LogP contribution < -0.4 is 4.74 Å². The summed E-state index contributed by atoms with van der Waals surface area (Å²) in [7, 11) is 0. The molecular weight excluding hydrogens is 238 g/mol. The lowest BCUT2D eigenvalue weighted by Crippen LogP contribution is -2.29. The largest absolute Gasteiger partial charge is 0.494 e. The quantitative estimate of drug-likeness (QED) is 0.549. The first-order valence-electron chi connectivity index (χ1n) is 6.81. The van der Waals surface area contributed by atoms with Crippen molar-refractivity contribution in [2.45, 2.75) is 20.3 Å². The maximum atomic E-state index is 8.95. The minimum Gasteiger partial charge on any atom is -0.494 e. The van der Waals surface area contributed by atoms with Crippen molar-refractivity contribution in [2.24, 2.45) is 0 Å². The molecule has 19 heavy (non-hydrogen) atoms. The van der Waals surface area contributed by atoms with Gasteiger partial charge in [-0.15, -0.1) is 6.58 Å². The highest BCUT2D eigenvalue weighted by Crippen LogP contribution is 2.16. The average Bonchev–Trinajstić information content (AvgIpc) is 2.39. The average molecular weight is 263 g/mol. The van der Waals surface area contributed by atoms with Gasteiger partial charge in [0.25, 0.3) is 0 Å². The smallest absolute Gasteiger partial charge is 0.119 e. The fourth-order valence-electron chi connectivity index (χ4n) is 1.90. The summed E-state index contributed by atoms with van der Waals surface area (Å²) in [6, 6.07) is 6.17. The molecule has 0 aliphatic heterocycles. The van der Waals surface area contributed by atoms with E-state index in [1.807, 2.05) is 12.1 Å². The van der Waals surface area contributed by atoms with Gasteiger partial charge in [-0.2, -0.15) is 0 Å². The lowest BCUT2D eigenvalue weighted by Gasteiger charge is -2.19. The topological polar surface area (TPSA) is 32.7 Å². The summed E-state index contributed by atoms with van der Waals surface area (Å²) in [5.41, 5.74) is 2.54. The zero-order valence-electron chi connectivity index (χ0n) is 12.1. The Morgan fingerprint density at radius 3 is 2.68 bits per heavy atom. The van der Waals surface area contributed by atoms with Gasteiger partial charge in [0.1, 0.15) is 5.75 Å². The van der Waals surface area contributed by atoms with E-state index in [0.717, 1.165) is 25.3 Å². The maximum absolute atomic E-state index is 8.95. The van der Waals surface area contributed by atoms with E-state index in [-0.39, 0.29) is 6.61 Å². The Bertz CT molecular complexity index is 390. The molecular formula is C16H25NO2. The van der Waals surface area contributed by atoms with Crippen LogP contribution in [0.3, 0.4) is 0 Å². The van der Waals surface area contributed by atoms with Gasteiger partial charge in [-0.05, 0) is 43.5 Å². The van der Waals surface area contributed by atoms with Crippen molar-refractivity contribution in [3.8, 4) is 5.75 Å². The van der Waals surface area contributed by atoms with E-state index >= 15 is 0 Å². The molecule has 3 nitrogen and oxygen atoms in total. The molecule has 0 amide bonds. The Labute approximate surface area is 116 Å². The Kier molecular flexibility index (Phi) is 7.23. The van der Waals surface area contributed by atoms with Crippen molar-refractivity contribution < 1.29 is 9.84 Å².